The maximum Gasteiger partial charge on any atom is 0.240 e. The number of aryl methyl sites for hydroxylation is 1. The van der Waals surface area contributed by atoms with Crippen LogP contribution in [-0.2, 0) is 6.54 Å². The van der Waals surface area contributed by atoms with Crippen molar-refractivity contribution in [3.05, 3.63) is 42.3 Å². The second-order valence-corrected chi connectivity index (χ2v) is 6.22. The Morgan fingerprint density at radius 3 is 3.04 bits per heavy atom. The zero-order valence-corrected chi connectivity index (χ0v) is 14.1. The highest BCUT2D eigenvalue weighted by atomic mass is 16.5. The third kappa shape index (κ3) is 3.69. The molecule has 0 amide bonds. The van der Waals surface area contributed by atoms with Crippen LogP contribution >= 0.6 is 0 Å². The SMILES string of the molecule is Cc1ccc(N2CCCC(NCc3nc(-c4ccoc4)no3)C2)nn1. The van der Waals surface area contributed by atoms with E-state index in [0.29, 0.717) is 24.3 Å². The molecule has 1 aliphatic rings. The largest absolute Gasteiger partial charge is 0.472 e. The molecule has 0 bridgehead atoms. The van der Waals surface area contributed by atoms with E-state index in [2.05, 4.69) is 30.6 Å². The predicted molar refractivity (Wildman–Crippen MR) is 90.8 cm³/mol. The Balaban J connectivity index is 1.34. The Kier molecular flexibility index (Phi) is 4.43. The molecule has 1 saturated heterocycles. The highest BCUT2D eigenvalue weighted by Crippen LogP contribution is 2.18. The summed E-state index contributed by atoms with van der Waals surface area (Å²) in [5.41, 5.74) is 1.75. The maximum atomic E-state index is 5.30. The van der Waals surface area contributed by atoms with Gasteiger partial charge in [-0.2, -0.15) is 10.1 Å². The van der Waals surface area contributed by atoms with Crippen LogP contribution in [0.5, 0.6) is 0 Å². The van der Waals surface area contributed by atoms with Crippen LogP contribution in [0.25, 0.3) is 11.4 Å². The molecule has 25 heavy (non-hydrogen) atoms. The molecule has 1 unspecified atom stereocenters. The lowest BCUT2D eigenvalue weighted by Crippen LogP contribution is -2.45. The Morgan fingerprint density at radius 1 is 1.28 bits per heavy atom. The number of nitrogens with zero attached hydrogens (tertiary/aromatic N) is 5. The molecule has 8 heteroatoms. The molecular weight excluding hydrogens is 320 g/mol. The van der Waals surface area contributed by atoms with Crippen LogP contribution in [0.2, 0.25) is 0 Å². The van der Waals surface area contributed by atoms with E-state index in [4.69, 9.17) is 8.94 Å². The molecule has 1 atom stereocenters. The number of aromatic nitrogens is 4. The first-order valence-electron chi connectivity index (χ1n) is 8.42. The van der Waals surface area contributed by atoms with E-state index in [1.807, 2.05) is 25.1 Å². The molecule has 0 aromatic carbocycles. The van der Waals surface area contributed by atoms with Crippen LogP contribution in [0.4, 0.5) is 5.82 Å². The molecule has 0 radical (unpaired) electrons. The van der Waals surface area contributed by atoms with Gasteiger partial charge in [-0.1, -0.05) is 5.16 Å². The van der Waals surface area contributed by atoms with E-state index in [1.165, 1.54) is 0 Å². The summed E-state index contributed by atoms with van der Waals surface area (Å²) in [5, 5.41) is 15.9. The number of rotatable bonds is 5. The Hall–Kier alpha value is -2.74. The van der Waals surface area contributed by atoms with Crippen molar-refractivity contribution in [2.75, 3.05) is 18.0 Å². The quantitative estimate of drug-likeness (QED) is 0.755. The van der Waals surface area contributed by atoms with Gasteiger partial charge in [0, 0.05) is 19.1 Å². The summed E-state index contributed by atoms with van der Waals surface area (Å²) >= 11 is 0. The predicted octanol–water partition coefficient (Wildman–Crippen LogP) is 2.19. The highest BCUT2D eigenvalue weighted by Gasteiger charge is 2.21. The van der Waals surface area contributed by atoms with Crippen molar-refractivity contribution in [2.24, 2.45) is 0 Å². The van der Waals surface area contributed by atoms with Crippen molar-refractivity contribution < 1.29 is 8.94 Å². The molecule has 1 N–H and O–H groups in total. The van der Waals surface area contributed by atoms with Crippen LogP contribution in [-0.4, -0.2) is 39.5 Å². The Bertz CT molecular complexity index is 799. The number of anilines is 1. The summed E-state index contributed by atoms with van der Waals surface area (Å²) in [5.74, 6) is 2.05. The number of hydrogen-bond acceptors (Lipinski definition) is 8. The molecule has 3 aromatic rings. The van der Waals surface area contributed by atoms with Crippen molar-refractivity contribution in [1.82, 2.24) is 25.7 Å². The van der Waals surface area contributed by atoms with Gasteiger partial charge in [-0.15, -0.1) is 5.10 Å². The fourth-order valence-corrected chi connectivity index (χ4v) is 2.98. The highest BCUT2D eigenvalue weighted by molar-refractivity contribution is 5.51. The lowest BCUT2D eigenvalue weighted by Gasteiger charge is -2.33. The number of furan rings is 1. The molecule has 4 heterocycles. The van der Waals surface area contributed by atoms with Gasteiger partial charge in [0.1, 0.15) is 6.26 Å². The van der Waals surface area contributed by atoms with Crippen molar-refractivity contribution in [3.63, 3.8) is 0 Å². The van der Waals surface area contributed by atoms with Crippen LogP contribution < -0.4 is 10.2 Å². The van der Waals surface area contributed by atoms with Gasteiger partial charge in [0.2, 0.25) is 11.7 Å². The fraction of sp³-hybridized carbons (Fsp3) is 0.412. The van der Waals surface area contributed by atoms with E-state index < -0.39 is 0 Å². The van der Waals surface area contributed by atoms with E-state index in [1.54, 1.807) is 12.5 Å². The smallest absolute Gasteiger partial charge is 0.240 e. The van der Waals surface area contributed by atoms with E-state index >= 15 is 0 Å². The average molecular weight is 340 g/mol. The zero-order chi connectivity index (χ0) is 17.1. The topological polar surface area (TPSA) is 93.1 Å². The van der Waals surface area contributed by atoms with Crippen molar-refractivity contribution in [1.29, 1.82) is 0 Å². The second kappa shape index (κ2) is 7.02. The molecule has 8 nitrogen and oxygen atoms in total. The Morgan fingerprint density at radius 2 is 2.24 bits per heavy atom. The Labute approximate surface area is 145 Å². The second-order valence-electron chi connectivity index (χ2n) is 6.22. The van der Waals surface area contributed by atoms with Gasteiger partial charge >= 0.3 is 0 Å². The summed E-state index contributed by atoms with van der Waals surface area (Å²) in [7, 11) is 0. The monoisotopic (exact) mass is 340 g/mol. The average Bonchev–Trinajstić information content (AvgIpc) is 3.32. The van der Waals surface area contributed by atoms with Gasteiger partial charge in [-0.3, -0.25) is 0 Å². The lowest BCUT2D eigenvalue weighted by molar-refractivity contribution is 0.343. The fourth-order valence-electron chi connectivity index (χ4n) is 2.98. The van der Waals surface area contributed by atoms with Gasteiger partial charge < -0.3 is 19.2 Å². The van der Waals surface area contributed by atoms with Gasteiger partial charge in [0.05, 0.1) is 24.1 Å². The summed E-state index contributed by atoms with van der Waals surface area (Å²) in [4.78, 5) is 6.65. The molecule has 4 rings (SSSR count). The number of hydrogen-bond donors (Lipinski definition) is 1. The first-order valence-corrected chi connectivity index (χ1v) is 8.42. The zero-order valence-electron chi connectivity index (χ0n) is 14.1. The first-order chi connectivity index (χ1) is 12.3. The molecule has 0 saturated carbocycles. The molecular formula is C17H20N6O2. The van der Waals surface area contributed by atoms with Crippen molar-refractivity contribution in [3.8, 4) is 11.4 Å². The summed E-state index contributed by atoms with van der Waals surface area (Å²) < 4.78 is 10.3. The van der Waals surface area contributed by atoms with Gasteiger partial charge in [0.15, 0.2) is 5.82 Å². The van der Waals surface area contributed by atoms with Gasteiger partial charge in [0.25, 0.3) is 0 Å². The lowest BCUT2D eigenvalue weighted by atomic mass is 10.1. The molecule has 1 fully saturated rings. The van der Waals surface area contributed by atoms with Gasteiger partial charge in [-0.05, 0) is 38.0 Å². The molecule has 130 valence electrons. The normalized spacial score (nSPS) is 17.8. The number of nitrogens with one attached hydrogen (secondary N) is 1. The summed E-state index contributed by atoms with van der Waals surface area (Å²) in [6, 6.07) is 6.18. The minimum absolute atomic E-state index is 0.348. The summed E-state index contributed by atoms with van der Waals surface area (Å²) in [6.45, 7) is 4.38. The summed E-state index contributed by atoms with van der Waals surface area (Å²) in [6.07, 6.45) is 5.41. The van der Waals surface area contributed by atoms with E-state index in [-0.39, 0.29) is 0 Å². The minimum Gasteiger partial charge on any atom is -0.472 e. The van der Waals surface area contributed by atoms with E-state index in [9.17, 15) is 0 Å². The standard InChI is InChI=1S/C17H20N6O2/c1-12-4-5-15(21-20-12)23-7-2-3-14(10-23)18-9-16-19-17(22-25-16)13-6-8-24-11-13/h4-6,8,11,14,18H,2-3,7,9-10H2,1H3. The van der Waals surface area contributed by atoms with Crippen LogP contribution in [0, 0.1) is 6.92 Å². The third-order valence-electron chi connectivity index (χ3n) is 4.32. The number of piperidine rings is 1. The molecule has 0 aliphatic carbocycles. The maximum absolute atomic E-state index is 5.30. The van der Waals surface area contributed by atoms with E-state index in [0.717, 1.165) is 43.0 Å². The van der Waals surface area contributed by atoms with Crippen molar-refractivity contribution >= 4 is 5.82 Å². The van der Waals surface area contributed by atoms with Crippen molar-refractivity contribution in [2.45, 2.75) is 32.4 Å². The molecule has 1 aliphatic heterocycles. The van der Waals surface area contributed by atoms with Crippen LogP contribution in [0.1, 0.15) is 24.4 Å². The molecule has 3 aromatic heterocycles. The third-order valence-corrected chi connectivity index (χ3v) is 4.32. The molecule has 0 spiro atoms. The minimum atomic E-state index is 0.348. The van der Waals surface area contributed by atoms with Crippen LogP contribution in [0.3, 0.4) is 0 Å². The van der Waals surface area contributed by atoms with Crippen LogP contribution in [0.15, 0.2) is 39.7 Å². The first kappa shape index (κ1) is 15.8. The van der Waals surface area contributed by atoms with Gasteiger partial charge in [-0.25, -0.2) is 0 Å².